The Kier molecular flexibility index (Phi) is 4.71. The van der Waals surface area contributed by atoms with Crippen molar-refractivity contribution in [3.05, 3.63) is 35.4 Å². The minimum Gasteiger partial charge on any atom is -0.481 e. The van der Waals surface area contributed by atoms with E-state index >= 15 is 0 Å². The predicted molar refractivity (Wildman–Crippen MR) is 75.1 cm³/mol. The number of carbonyl (C=O) groups is 1. The lowest BCUT2D eigenvalue weighted by Crippen LogP contribution is -2.44. The van der Waals surface area contributed by atoms with Crippen LogP contribution in [0.4, 0.5) is 0 Å². The molecular formula is C15H23NO3. The van der Waals surface area contributed by atoms with Crippen molar-refractivity contribution >= 4 is 5.97 Å². The van der Waals surface area contributed by atoms with Gasteiger partial charge in [0, 0.05) is 6.54 Å². The standard InChI is InChI=1S/C15H23NO3/c1-11-4-6-12(7-5-11)15(10-16,13(17)18)9-8-14(2,3)19/h4-7,19H,8-10,16H2,1-3H3,(H,17,18). The quantitative estimate of drug-likeness (QED) is 0.732. The van der Waals surface area contributed by atoms with Gasteiger partial charge in [0.15, 0.2) is 0 Å². The fraction of sp³-hybridized carbons (Fsp3) is 0.533. The maximum atomic E-state index is 11.7. The summed E-state index contributed by atoms with van der Waals surface area (Å²) in [5.74, 6) is -0.942. The number of aryl methyl sites for hydroxylation is 1. The second-order valence-electron chi connectivity index (χ2n) is 5.77. The van der Waals surface area contributed by atoms with Gasteiger partial charge in [-0.1, -0.05) is 29.8 Å². The zero-order valence-corrected chi connectivity index (χ0v) is 11.8. The third kappa shape index (κ3) is 3.78. The fourth-order valence-corrected chi connectivity index (χ4v) is 2.07. The summed E-state index contributed by atoms with van der Waals surface area (Å²) < 4.78 is 0. The molecule has 0 aromatic heterocycles. The highest BCUT2D eigenvalue weighted by Gasteiger charge is 2.39. The molecule has 0 saturated heterocycles. The van der Waals surface area contributed by atoms with Gasteiger partial charge in [-0.25, -0.2) is 0 Å². The van der Waals surface area contributed by atoms with Gasteiger partial charge in [0.05, 0.1) is 5.60 Å². The molecule has 0 aliphatic carbocycles. The minimum absolute atomic E-state index is 0.0154. The summed E-state index contributed by atoms with van der Waals surface area (Å²) in [5, 5.41) is 19.4. The van der Waals surface area contributed by atoms with Crippen LogP contribution in [0.5, 0.6) is 0 Å². The molecule has 1 aromatic carbocycles. The first kappa shape index (κ1) is 15.7. The van der Waals surface area contributed by atoms with Crippen LogP contribution in [-0.2, 0) is 10.2 Å². The van der Waals surface area contributed by atoms with Gasteiger partial charge in [0.1, 0.15) is 5.41 Å². The van der Waals surface area contributed by atoms with Gasteiger partial charge in [-0.05, 0) is 39.2 Å². The van der Waals surface area contributed by atoms with Crippen LogP contribution in [-0.4, -0.2) is 28.3 Å². The fourth-order valence-electron chi connectivity index (χ4n) is 2.07. The number of benzene rings is 1. The number of aliphatic hydroxyl groups is 1. The van der Waals surface area contributed by atoms with Gasteiger partial charge in [-0.15, -0.1) is 0 Å². The first-order chi connectivity index (χ1) is 8.71. The van der Waals surface area contributed by atoms with Crippen molar-refractivity contribution in [3.8, 4) is 0 Å². The summed E-state index contributed by atoms with van der Waals surface area (Å²) in [5.41, 5.74) is 5.48. The number of rotatable bonds is 6. The number of aliphatic carboxylic acids is 1. The lowest BCUT2D eigenvalue weighted by atomic mass is 9.74. The molecule has 106 valence electrons. The van der Waals surface area contributed by atoms with Crippen molar-refractivity contribution in [3.63, 3.8) is 0 Å². The molecule has 0 heterocycles. The van der Waals surface area contributed by atoms with E-state index in [-0.39, 0.29) is 6.54 Å². The van der Waals surface area contributed by atoms with Crippen LogP contribution < -0.4 is 5.73 Å². The Balaban J connectivity index is 3.12. The van der Waals surface area contributed by atoms with Gasteiger partial charge < -0.3 is 15.9 Å². The Morgan fingerprint density at radius 2 is 1.74 bits per heavy atom. The molecule has 0 radical (unpaired) electrons. The molecule has 1 rings (SSSR count). The predicted octanol–water partition coefficient (Wildman–Crippen LogP) is 1.83. The zero-order valence-electron chi connectivity index (χ0n) is 11.8. The van der Waals surface area contributed by atoms with E-state index < -0.39 is 17.0 Å². The number of nitrogens with two attached hydrogens (primary N) is 1. The molecule has 0 aliphatic heterocycles. The summed E-state index contributed by atoms with van der Waals surface area (Å²) >= 11 is 0. The lowest BCUT2D eigenvalue weighted by molar-refractivity contribution is -0.144. The Morgan fingerprint density at radius 3 is 2.11 bits per heavy atom. The smallest absolute Gasteiger partial charge is 0.315 e. The SMILES string of the molecule is Cc1ccc(C(CN)(CCC(C)(C)O)C(=O)O)cc1. The molecule has 1 unspecified atom stereocenters. The van der Waals surface area contributed by atoms with Crippen LogP contribution in [0.1, 0.15) is 37.8 Å². The van der Waals surface area contributed by atoms with Gasteiger partial charge in [0.25, 0.3) is 0 Å². The molecule has 0 spiro atoms. The van der Waals surface area contributed by atoms with Crippen molar-refractivity contribution in [1.82, 2.24) is 0 Å². The number of hydrogen-bond acceptors (Lipinski definition) is 3. The van der Waals surface area contributed by atoms with Crippen LogP contribution in [0.3, 0.4) is 0 Å². The summed E-state index contributed by atoms with van der Waals surface area (Å²) in [7, 11) is 0. The van der Waals surface area contributed by atoms with Crippen molar-refractivity contribution in [1.29, 1.82) is 0 Å². The maximum Gasteiger partial charge on any atom is 0.315 e. The number of carboxylic acid groups (broad SMARTS) is 1. The van der Waals surface area contributed by atoms with E-state index in [4.69, 9.17) is 5.73 Å². The lowest BCUT2D eigenvalue weighted by Gasteiger charge is -2.31. The van der Waals surface area contributed by atoms with Crippen LogP contribution >= 0.6 is 0 Å². The average molecular weight is 265 g/mol. The monoisotopic (exact) mass is 265 g/mol. The molecule has 4 heteroatoms. The van der Waals surface area contributed by atoms with E-state index in [1.54, 1.807) is 26.0 Å². The molecular weight excluding hydrogens is 242 g/mol. The van der Waals surface area contributed by atoms with Crippen LogP contribution in [0.25, 0.3) is 0 Å². The number of carboxylic acids is 1. The molecule has 0 saturated carbocycles. The zero-order chi connectivity index (χ0) is 14.7. The van der Waals surface area contributed by atoms with E-state index in [1.165, 1.54) is 0 Å². The van der Waals surface area contributed by atoms with E-state index in [9.17, 15) is 15.0 Å². The first-order valence-corrected chi connectivity index (χ1v) is 6.44. The van der Waals surface area contributed by atoms with Crippen LogP contribution in [0.15, 0.2) is 24.3 Å². The van der Waals surface area contributed by atoms with Crippen LogP contribution in [0.2, 0.25) is 0 Å². The molecule has 0 aliphatic rings. The third-order valence-corrected chi connectivity index (χ3v) is 3.53. The highest BCUT2D eigenvalue weighted by atomic mass is 16.4. The third-order valence-electron chi connectivity index (χ3n) is 3.53. The van der Waals surface area contributed by atoms with Crippen molar-refractivity contribution in [2.45, 2.75) is 44.6 Å². The van der Waals surface area contributed by atoms with Gasteiger partial charge in [0.2, 0.25) is 0 Å². The van der Waals surface area contributed by atoms with Crippen molar-refractivity contribution in [2.75, 3.05) is 6.54 Å². The highest BCUT2D eigenvalue weighted by molar-refractivity contribution is 5.81. The maximum absolute atomic E-state index is 11.7. The topological polar surface area (TPSA) is 83.5 Å². The first-order valence-electron chi connectivity index (χ1n) is 6.44. The molecule has 0 fully saturated rings. The Morgan fingerprint density at radius 1 is 1.21 bits per heavy atom. The Hall–Kier alpha value is -1.39. The molecule has 4 N–H and O–H groups in total. The highest BCUT2D eigenvalue weighted by Crippen LogP contribution is 2.31. The number of hydrogen-bond donors (Lipinski definition) is 3. The minimum atomic E-state index is -1.13. The van der Waals surface area contributed by atoms with E-state index in [2.05, 4.69) is 0 Å². The van der Waals surface area contributed by atoms with E-state index in [0.29, 0.717) is 18.4 Å². The largest absolute Gasteiger partial charge is 0.481 e. The van der Waals surface area contributed by atoms with E-state index in [0.717, 1.165) is 5.56 Å². The normalized spacial score (nSPS) is 15.0. The van der Waals surface area contributed by atoms with Crippen molar-refractivity contribution < 1.29 is 15.0 Å². The van der Waals surface area contributed by atoms with E-state index in [1.807, 2.05) is 19.1 Å². The molecule has 19 heavy (non-hydrogen) atoms. The molecule has 1 aromatic rings. The summed E-state index contributed by atoms with van der Waals surface area (Å²) in [6.07, 6.45) is 0.690. The Labute approximate surface area is 114 Å². The van der Waals surface area contributed by atoms with Gasteiger partial charge in [-0.2, -0.15) is 0 Å². The van der Waals surface area contributed by atoms with Crippen molar-refractivity contribution in [2.24, 2.45) is 5.73 Å². The second-order valence-corrected chi connectivity index (χ2v) is 5.77. The van der Waals surface area contributed by atoms with Gasteiger partial charge >= 0.3 is 5.97 Å². The molecule has 0 amide bonds. The summed E-state index contributed by atoms with van der Waals surface area (Å²) in [6, 6.07) is 7.38. The van der Waals surface area contributed by atoms with Crippen LogP contribution in [0, 0.1) is 6.92 Å². The summed E-state index contributed by atoms with van der Waals surface area (Å²) in [6.45, 7) is 5.31. The molecule has 0 bridgehead atoms. The average Bonchev–Trinajstić information content (AvgIpc) is 2.30. The summed E-state index contributed by atoms with van der Waals surface area (Å²) in [4.78, 5) is 11.7. The second kappa shape index (κ2) is 5.72. The molecule has 4 nitrogen and oxygen atoms in total. The van der Waals surface area contributed by atoms with Gasteiger partial charge in [-0.3, -0.25) is 4.79 Å². The molecule has 1 atom stereocenters. The Bertz CT molecular complexity index is 434.